The van der Waals surface area contributed by atoms with Gasteiger partial charge in [0.05, 0.1) is 18.2 Å². The summed E-state index contributed by atoms with van der Waals surface area (Å²) < 4.78 is 13.5. The third kappa shape index (κ3) is 3.71. The molecule has 1 amide bonds. The van der Waals surface area contributed by atoms with Crippen molar-refractivity contribution in [3.05, 3.63) is 29.8 Å². The third-order valence-corrected chi connectivity index (χ3v) is 3.66. The number of carboxylic acids is 1. The van der Waals surface area contributed by atoms with Gasteiger partial charge in [-0.25, -0.2) is 9.18 Å². The number of carbonyl (C=O) groups excluding carboxylic acids is 1. The van der Waals surface area contributed by atoms with E-state index in [4.69, 9.17) is 5.11 Å². The number of nitrogens with one attached hydrogen (secondary N) is 1. The van der Waals surface area contributed by atoms with Crippen molar-refractivity contribution < 1.29 is 19.1 Å². The molecule has 6 heteroatoms. The minimum Gasteiger partial charge on any atom is -0.478 e. The maximum absolute atomic E-state index is 13.5. The van der Waals surface area contributed by atoms with Gasteiger partial charge in [0.15, 0.2) is 0 Å². The van der Waals surface area contributed by atoms with E-state index in [0.717, 1.165) is 5.69 Å². The second kappa shape index (κ2) is 6.56. The van der Waals surface area contributed by atoms with Gasteiger partial charge in [-0.3, -0.25) is 4.79 Å². The molecule has 1 aliphatic heterocycles. The Hall–Kier alpha value is -2.11. The molecular weight excluding hydrogens is 275 g/mol. The lowest BCUT2D eigenvalue weighted by atomic mass is 10.1. The molecule has 0 saturated carbocycles. The van der Waals surface area contributed by atoms with Crippen molar-refractivity contribution in [3.8, 4) is 0 Å². The molecule has 0 bridgehead atoms. The van der Waals surface area contributed by atoms with Crippen LogP contribution in [0.3, 0.4) is 0 Å². The highest BCUT2D eigenvalue weighted by Gasteiger charge is 2.34. The summed E-state index contributed by atoms with van der Waals surface area (Å²) in [6.07, 6.45) is -0.260. The number of benzene rings is 1. The first kappa shape index (κ1) is 15.3. The zero-order valence-corrected chi connectivity index (χ0v) is 11.9. The van der Waals surface area contributed by atoms with Gasteiger partial charge in [0.2, 0.25) is 5.91 Å². The average molecular weight is 294 g/mol. The maximum Gasteiger partial charge on any atom is 0.335 e. The summed E-state index contributed by atoms with van der Waals surface area (Å²) in [5, 5.41) is 12.0. The smallest absolute Gasteiger partial charge is 0.335 e. The molecule has 1 aromatic carbocycles. The van der Waals surface area contributed by atoms with Crippen LogP contribution in [0.2, 0.25) is 0 Å². The molecule has 1 aliphatic rings. The van der Waals surface area contributed by atoms with Crippen LogP contribution in [0.25, 0.3) is 0 Å². The first-order valence-corrected chi connectivity index (χ1v) is 7.02. The number of anilines is 1. The normalized spacial score (nSPS) is 21.3. The number of carbonyl (C=O) groups is 2. The summed E-state index contributed by atoms with van der Waals surface area (Å²) in [7, 11) is 0. The number of rotatable bonds is 5. The average Bonchev–Trinajstić information content (AvgIpc) is 2.85. The number of halogens is 1. The van der Waals surface area contributed by atoms with Gasteiger partial charge >= 0.3 is 5.97 Å². The molecule has 114 valence electrons. The molecule has 21 heavy (non-hydrogen) atoms. The fourth-order valence-corrected chi connectivity index (χ4v) is 2.53. The van der Waals surface area contributed by atoms with E-state index in [9.17, 15) is 14.0 Å². The maximum atomic E-state index is 13.5. The number of amides is 1. The van der Waals surface area contributed by atoms with Crippen molar-refractivity contribution in [1.82, 2.24) is 4.90 Å². The zero-order chi connectivity index (χ0) is 15.4. The Morgan fingerprint density at radius 2 is 2.05 bits per heavy atom. The molecule has 0 spiro atoms. The molecule has 0 aliphatic carbocycles. The van der Waals surface area contributed by atoms with Crippen molar-refractivity contribution in [2.24, 2.45) is 0 Å². The summed E-state index contributed by atoms with van der Waals surface area (Å²) in [6, 6.07) is 6.18. The fourth-order valence-electron chi connectivity index (χ4n) is 2.53. The number of alkyl halides is 1. The van der Waals surface area contributed by atoms with Crippen molar-refractivity contribution >= 4 is 17.6 Å². The van der Waals surface area contributed by atoms with Crippen LogP contribution in [0.4, 0.5) is 10.1 Å². The molecule has 1 unspecified atom stereocenters. The summed E-state index contributed by atoms with van der Waals surface area (Å²) in [5.74, 6) is -1.01. The lowest BCUT2D eigenvalue weighted by Gasteiger charge is -2.24. The highest BCUT2D eigenvalue weighted by Crippen LogP contribution is 2.22. The Labute approximate surface area is 122 Å². The van der Waals surface area contributed by atoms with E-state index in [1.54, 1.807) is 24.0 Å². The van der Waals surface area contributed by atoms with Gasteiger partial charge in [-0.2, -0.15) is 0 Å². The van der Waals surface area contributed by atoms with Crippen LogP contribution in [-0.4, -0.2) is 47.2 Å². The number of nitrogens with zero attached hydrogens (tertiary/aromatic N) is 1. The largest absolute Gasteiger partial charge is 0.478 e. The van der Waals surface area contributed by atoms with Crippen LogP contribution < -0.4 is 5.32 Å². The summed E-state index contributed by atoms with van der Waals surface area (Å²) in [6.45, 7) is 2.39. The molecule has 1 heterocycles. The Morgan fingerprint density at radius 3 is 2.62 bits per heavy atom. The molecule has 5 nitrogen and oxygen atoms in total. The van der Waals surface area contributed by atoms with Crippen molar-refractivity contribution in [2.75, 3.05) is 18.4 Å². The second-order valence-electron chi connectivity index (χ2n) is 5.15. The Morgan fingerprint density at radius 1 is 1.38 bits per heavy atom. The zero-order valence-electron chi connectivity index (χ0n) is 11.9. The van der Waals surface area contributed by atoms with E-state index < -0.39 is 12.1 Å². The predicted molar refractivity (Wildman–Crippen MR) is 77.2 cm³/mol. The Kier molecular flexibility index (Phi) is 4.77. The lowest BCUT2D eigenvalue weighted by molar-refractivity contribution is -0.131. The second-order valence-corrected chi connectivity index (χ2v) is 5.15. The third-order valence-electron chi connectivity index (χ3n) is 3.66. The van der Waals surface area contributed by atoms with E-state index in [0.29, 0.717) is 19.4 Å². The molecule has 1 fully saturated rings. The molecule has 0 radical (unpaired) electrons. The molecular formula is C15H19FN2O3. The van der Waals surface area contributed by atoms with Gasteiger partial charge < -0.3 is 15.3 Å². The van der Waals surface area contributed by atoms with Crippen LogP contribution in [0.1, 0.15) is 30.1 Å². The summed E-state index contributed by atoms with van der Waals surface area (Å²) in [4.78, 5) is 24.1. The topological polar surface area (TPSA) is 69.6 Å². The van der Waals surface area contributed by atoms with Gasteiger partial charge in [-0.05, 0) is 24.3 Å². The molecule has 1 aromatic rings. The van der Waals surface area contributed by atoms with E-state index >= 15 is 0 Å². The lowest BCUT2D eigenvalue weighted by Crippen LogP contribution is -2.39. The highest BCUT2D eigenvalue weighted by molar-refractivity contribution is 5.88. The quantitative estimate of drug-likeness (QED) is 0.873. The number of likely N-dealkylation sites (tertiary alicyclic amines) is 1. The van der Waals surface area contributed by atoms with Crippen LogP contribution in [0.15, 0.2) is 24.3 Å². The van der Waals surface area contributed by atoms with Crippen LogP contribution in [0.5, 0.6) is 0 Å². The monoisotopic (exact) mass is 294 g/mol. The number of carboxylic acid groups (broad SMARTS) is 1. The molecule has 2 rings (SSSR count). The van der Waals surface area contributed by atoms with E-state index in [1.807, 2.05) is 0 Å². The number of aromatic carboxylic acids is 1. The molecule has 2 atom stereocenters. The predicted octanol–water partition coefficient (Wildman–Crippen LogP) is 2.15. The van der Waals surface area contributed by atoms with Gasteiger partial charge in [0, 0.05) is 25.1 Å². The van der Waals surface area contributed by atoms with Crippen LogP contribution in [0, 0.1) is 0 Å². The minimum atomic E-state index is -0.975. The fraction of sp³-hybridized carbons (Fsp3) is 0.467. The summed E-state index contributed by atoms with van der Waals surface area (Å²) >= 11 is 0. The van der Waals surface area contributed by atoms with Crippen molar-refractivity contribution in [2.45, 2.75) is 32.0 Å². The van der Waals surface area contributed by atoms with Gasteiger partial charge in [-0.15, -0.1) is 0 Å². The SMILES string of the molecule is CCC(=O)N1C[C@H](F)CC1CNc1ccc(C(=O)O)cc1. The van der Waals surface area contributed by atoms with Crippen LogP contribution in [-0.2, 0) is 4.79 Å². The highest BCUT2D eigenvalue weighted by atomic mass is 19.1. The van der Waals surface area contributed by atoms with E-state index in [2.05, 4.69) is 5.32 Å². The van der Waals surface area contributed by atoms with E-state index in [1.165, 1.54) is 12.1 Å². The minimum absolute atomic E-state index is 0.0387. The first-order valence-electron chi connectivity index (χ1n) is 7.02. The van der Waals surface area contributed by atoms with Gasteiger partial charge in [0.1, 0.15) is 6.17 Å². The Bertz CT molecular complexity index is 518. The molecule has 2 N–H and O–H groups in total. The standard InChI is InChI=1S/C15H19FN2O3/c1-2-14(19)18-9-11(16)7-13(18)8-17-12-5-3-10(4-6-12)15(20)21/h3-6,11,13,17H,2,7-9H2,1H3,(H,20,21)/t11-,13?/m1/s1. The van der Waals surface area contributed by atoms with Crippen molar-refractivity contribution in [1.29, 1.82) is 0 Å². The van der Waals surface area contributed by atoms with Gasteiger partial charge in [0.25, 0.3) is 0 Å². The molecule has 0 aromatic heterocycles. The Balaban J connectivity index is 1.95. The van der Waals surface area contributed by atoms with Crippen LogP contribution >= 0.6 is 0 Å². The number of hydrogen-bond donors (Lipinski definition) is 2. The number of hydrogen-bond acceptors (Lipinski definition) is 3. The molecule has 1 saturated heterocycles. The van der Waals surface area contributed by atoms with Gasteiger partial charge in [-0.1, -0.05) is 6.92 Å². The van der Waals surface area contributed by atoms with E-state index in [-0.39, 0.29) is 24.1 Å². The summed E-state index contributed by atoms with van der Waals surface area (Å²) in [5.41, 5.74) is 0.972. The van der Waals surface area contributed by atoms with Crippen molar-refractivity contribution in [3.63, 3.8) is 0 Å². The first-order chi connectivity index (χ1) is 10.0.